The summed E-state index contributed by atoms with van der Waals surface area (Å²) in [5.41, 5.74) is -0.369. The predicted octanol–water partition coefficient (Wildman–Crippen LogP) is 3.21. The molecule has 0 saturated heterocycles. The topological polar surface area (TPSA) is 50.9 Å². The monoisotopic (exact) mass is 288 g/mol. The summed E-state index contributed by atoms with van der Waals surface area (Å²) in [4.78, 5) is 13.9. The van der Waals surface area contributed by atoms with E-state index in [1.807, 2.05) is 0 Å². The first kappa shape index (κ1) is 18.4. The van der Waals surface area contributed by atoms with Gasteiger partial charge in [-0.1, -0.05) is 39.0 Å². The van der Waals surface area contributed by atoms with Gasteiger partial charge >= 0.3 is 11.7 Å². The van der Waals surface area contributed by atoms with Crippen LogP contribution in [-0.2, 0) is 26.6 Å². The van der Waals surface area contributed by atoms with E-state index in [0.29, 0.717) is 12.9 Å². The third-order valence-corrected chi connectivity index (χ3v) is 2.18. The molecule has 0 saturated carbocycles. The van der Waals surface area contributed by atoms with Gasteiger partial charge in [0.25, 0.3) is 0 Å². The van der Waals surface area contributed by atoms with Crippen molar-refractivity contribution in [2.45, 2.75) is 45.4 Å². The minimum atomic E-state index is -0.744. The number of carbonyl (C=O) groups is 1. The average Bonchev–Trinajstić information content (AvgIpc) is 2.29. The van der Waals surface area contributed by atoms with Crippen LogP contribution < -0.4 is 0 Å². The maximum atomic E-state index is 11.1. The molecule has 0 heterocycles. The molecule has 1 radical (unpaired) electrons. The van der Waals surface area contributed by atoms with Crippen molar-refractivity contribution in [3.8, 4) is 0 Å². The van der Waals surface area contributed by atoms with E-state index in [1.54, 1.807) is 0 Å². The molecule has 0 atom stereocenters. The van der Waals surface area contributed by atoms with Crippen molar-refractivity contribution in [3.05, 3.63) is 23.4 Å². The first-order chi connectivity index (χ1) is 7.76. The Morgan fingerprint density at radius 3 is 2.41 bits per heavy atom. The minimum absolute atomic E-state index is 0. The van der Waals surface area contributed by atoms with Gasteiger partial charge in [-0.2, -0.15) is 0 Å². The standard InChI is InChI=1S/C12H19NO3.Cu/c1-3-4-5-6-7-8-9-16-12(15)11(10-14)13-2;/h10,14H,3-9H2,1H3;/b11-10+;. The fourth-order valence-corrected chi connectivity index (χ4v) is 1.25. The number of carbonyl (C=O) groups excluding carboxylic acids is 1. The van der Waals surface area contributed by atoms with Crippen molar-refractivity contribution in [2.75, 3.05) is 6.61 Å². The molecule has 4 nitrogen and oxygen atoms in total. The number of ether oxygens (including phenoxy) is 1. The second-order valence-corrected chi connectivity index (χ2v) is 3.53. The molecule has 0 amide bonds. The molecule has 5 heteroatoms. The molecule has 0 aromatic heterocycles. The molecule has 101 valence electrons. The summed E-state index contributed by atoms with van der Waals surface area (Å²) in [6.45, 7) is 9.06. The van der Waals surface area contributed by atoms with Gasteiger partial charge in [-0.05, 0) is 6.42 Å². The van der Waals surface area contributed by atoms with Crippen LogP contribution in [0.1, 0.15) is 45.4 Å². The van der Waals surface area contributed by atoms with Crippen LogP contribution in [0, 0.1) is 6.57 Å². The van der Waals surface area contributed by atoms with Crippen LogP contribution >= 0.6 is 0 Å². The maximum Gasteiger partial charge on any atom is 0.339 e. The van der Waals surface area contributed by atoms with E-state index in [4.69, 9.17) is 16.4 Å². The third kappa shape index (κ3) is 9.92. The molecule has 0 aliphatic rings. The van der Waals surface area contributed by atoms with Crippen LogP contribution in [0.5, 0.6) is 0 Å². The summed E-state index contributed by atoms with van der Waals surface area (Å²) in [7, 11) is 0. The van der Waals surface area contributed by atoms with Gasteiger partial charge in [0.1, 0.15) is 0 Å². The van der Waals surface area contributed by atoms with Crippen molar-refractivity contribution < 1.29 is 31.7 Å². The van der Waals surface area contributed by atoms with Gasteiger partial charge in [0.15, 0.2) is 0 Å². The summed E-state index contributed by atoms with van der Waals surface area (Å²) >= 11 is 0. The van der Waals surface area contributed by atoms with Gasteiger partial charge in [-0.25, -0.2) is 4.85 Å². The average molecular weight is 289 g/mol. The first-order valence-corrected chi connectivity index (χ1v) is 5.65. The summed E-state index contributed by atoms with van der Waals surface area (Å²) in [5, 5.41) is 8.52. The molecule has 0 spiro atoms. The van der Waals surface area contributed by atoms with E-state index < -0.39 is 5.97 Å². The second kappa shape index (κ2) is 13.1. The molecule has 0 aromatic carbocycles. The molecule has 0 fully saturated rings. The Hall–Kier alpha value is -0.981. The predicted molar refractivity (Wildman–Crippen MR) is 61.6 cm³/mol. The largest absolute Gasteiger partial charge is 0.526 e. The second-order valence-electron chi connectivity index (χ2n) is 3.53. The number of hydrogen-bond acceptors (Lipinski definition) is 3. The molecule has 0 unspecified atom stereocenters. The summed E-state index contributed by atoms with van der Waals surface area (Å²) in [5.74, 6) is -0.744. The quantitative estimate of drug-likeness (QED) is 0.186. The number of nitrogens with zero attached hydrogens (tertiary/aromatic N) is 1. The van der Waals surface area contributed by atoms with E-state index in [9.17, 15) is 4.79 Å². The van der Waals surface area contributed by atoms with Crippen molar-refractivity contribution in [2.24, 2.45) is 0 Å². The number of esters is 1. The van der Waals surface area contributed by atoms with Crippen LogP contribution in [0.4, 0.5) is 0 Å². The smallest absolute Gasteiger partial charge is 0.339 e. The van der Waals surface area contributed by atoms with E-state index in [0.717, 1.165) is 19.3 Å². The fraction of sp³-hybridized carbons (Fsp3) is 0.667. The summed E-state index contributed by atoms with van der Waals surface area (Å²) in [6.07, 6.45) is 7.15. The Bertz CT molecular complexity index is 271. The summed E-state index contributed by atoms with van der Waals surface area (Å²) < 4.78 is 4.81. The molecule has 0 aromatic rings. The van der Waals surface area contributed by atoms with Crippen molar-refractivity contribution in [3.63, 3.8) is 0 Å². The Kier molecular flexibility index (Phi) is 14.2. The van der Waals surface area contributed by atoms with E-state index in [-0.39, 0.29) is 22.8 Å². The zero-order chi connectivity index (χ0) is 12.2. The maximum absolute atomic E-state index is 11.1. The zero-order valence-corrected chi connectivity index (χ0v) is 11.0. The number of rotatable bonds is 8. The van der Waals surface area contributed by atoms with Crippen LogP contribution in [-0.4, -0.2) is 17.7 Å². The Morgan fingerprint density at radius 1 is 1.29 bits per heavy atom. The molecular weight excluding hydrogens is 270 g/mol. The van der Waals surface area contributed by atoms with Gasteiger partial charge in [-0.3, -0.25) is 4.79 Å². The van der Waals surface area contributed by atoms with Gasteiger partial charge in [0.2, 0.25) is 0 Å². The van der Waals surface area contributed by atoms with Crippen molar-refractivity contribution in [1.82, 2.24) is 0 Å². The molecule has 1 N–H and O–H groups in total. The SMILES string of the molecule is [C-]#[N+]/C(=C/O)C(=O)OCCCCCCCC.[Cu]. The number of hydrogen-bond donors (Lipinski definition) is 1. The molecule has 0 bridgehead atoms. The zero-order valence-electron chi connectivity index (χ0n) is 10.0. The van der Waals surface area contributed by atoms with E-state index in [1.165, 1.54) is 19.3 Å². The van der Waals surface area contributed by atoms with E-state index >= 15 is 0 Å². The Balaban J connectivity index is 0. The van der Waals surface area contributed by atoms with Crippen molar-refractivity contribution in [1.29, 1.82) is 0 Å². The normalized spacial score (nSPS) is 10.2. The molecular formula is C12H19CuNO3. The fourth-order valence-electron chi connectivity index (χ4n) is 1.25. The molecule has 0 aliphatic carbocycles. The number of unbranched alkanes of at least 4 members (excludes halogenated alkanes) is 5. The van der Waals surface area contributed by atoms with Gasteiger partial charge < -0.3 is 9.84 Å². The molecule has 17 heavy (non-hydrogen) atoms. The Labute approximate surface area is 113 Å². The first-order valence-electron chi connectivity index (χ1n) is 5.65. The van der Waals surface area contributed by atoms with Crippen molar-refractivity contribution >= 4 is 5.97 Å². The van der Waals surface area contributed by atoms with Crippen LogP contribution in [0.3, 0.4) is 0 Å². The minimum Gasteiger partial charge on any atom is -0.526 e. The summed E-state index contributed by atoms with van der Waals surface area (Å²) in [6, 6.07) is 0. The van der Waals surface area contributed by atoms with Gasteiger partial charge in [-0.15, -0.1) is 0 Å². The van der Waals surface area contributed by atoms with Crippen LogP contribution in [0.25, 0.3) is 4.85 Å². The Morgan fingerprint density at radius 2 is 1.88 bits per heavy atom. The molecule has 0 rings (SSSR count). The van der Waals surface area contributed by atoms with E-state index in [2.05, 4.69) is 11.8 Å². The van der Waals surface area contributed by atoms with Gasteiger partial charge in [0.05, 0.1) is 19.4 Å². The van der Waals surface area contributed by atoms with Crippen LogP contribution in [0.2, 0.25) is 0 Å². The molecule has 0 aliphatic heterocycles. The number of aliphatic hydroxyl groups excluding tert-OH is 1. The number of aliphatic hydroxyl groups is 1. The third-order valence-electron chi connectivity index (χ3n) is 2.18. The van der Waals surface area contributed by atoms with Gasteiger partial charge in [0, 0.05) is 17.1 Å². The van der Waals surface area contributed by atoms with Crippen LogP contribution in [0.15, 0.2) is 12.0 Å².